The average molecular weight is 276 g/mol. The van der Waals surface area contributed by atoms with E-state index < -0.39 is 0 Å². The highest BCUT2D eigenvalue weighted by Crippen LogP contribution is 2.24. The van der Waals surface area contributed by atoms with Crippen LogP contribution in [0, 0.1) is 0 Å². The fourth-order valence-corrected chi connectivity index (χ4v) is 2.84. The maximum Gasteiger partial charge on any atom is 0.119 e. The van der Waals surface area contributed by atoms with E-state index in [-0.39, 0.29) is 0 Å². The van der Waals surface area contributed by atoms with Crippen molar-refractivity contribution in [3.8, 4) is 5.75 Å². The Kier molecular flexibility index (Phi) is 9.19. The van der Waals surface area contributed by atoms with Crippen molar-refractivity contribution in [2.45, 2.75) is 84.5 Å². The number of hydrogen-bond acceptors (Lipinski definition) is 1. The van der Waals surface area contributed by atoms with Gasteiger partial charge in [-0.05, 0) is 36.5 Å². The lowest BCUT2D eigenvalue weighted by atomic mass is 9.97. The zero-order valence-electron chi connectivity index (χ0n) is 13.5. The zero-order valence-corrected chi connectivity index (χ0v) is 13.5. The number of benzene rings is 1. The van der Waals surface area contributed by atoms with E-state index in [1.807, 2.05) is 12.1 Å². The van der Waals surface area contributed by atoms with E-state index in [0.717, 1.165) is 19.3 Å². The molecule has 0 unspecified atom stereocenters. The number of rotatable bonds is 11. The van der Waals surface area contributed by atoms with Gasteiger partial charge in [0.1, 0.15) is 5.75 Å². The third-order valence-electron chi connectivity index (χ3n) is 4.05. The summed E-state index contributed by atoms with van der Waals surface area (Å²) in [5.41, 5.74) is 2.54. The van der Waals surface area contributed by atoms with Crippen LogP contribution >= 0.6 is 0 Å². The summed E-state index contributed by atoms with van der Waals surface area (Å²) in [5, 5.41) is 9.95. The molecule has 0 fully saturated rings. The van der Waals surface area contributed by atoms with Crippen molar-refractivity contribution in [3.63, 3.8) is 0 Å². The van der Waals surface area contributed by atoms with Gasteiger partial charge in [0.15, 0.2) is 0 Å². The standard InChI is InChI=1S/C19H32O/c1-3-5-6-7-8-9-10-11-14-17-15-12-16-19(20)18(17)13-4-2/h12,15-16,20H,3-11,13-14H2,1-2H3. The third kappa shape index (κ3) is 6.45. The Labute approximate surface area is 125 Å². The normalized spacial score (nSPS) is 10.9. The maximum atomic E-state index is 9.95. The molecule has 0 aliphatic carbocycles. The van der Waals surface area contributed by atoms with Crippen molar-refractivity contribution in [1.29, 1.82) is 0 Å². The summed E-state index contributed by atoms with van der Waals surface area (Å²) >= 11 is 0. The molecule has 0 aromatic heterocycles. The molecule has 0 bridgehead atoms. The average Bonchev–Trinajstić information content (AvgIpc) is 2.45. The SMILES string of the molecule is CCCCCCCCCCc1cccc(O)c1CCC. The molecule has 1 rings (SSSR count). The van der Waals surface area contributed by atoms with E-state index in [2.05, 4.69) is 19.9 Å². The number of unbranched alkanes of at least 4 members (excludes halogenated alkanes) is 7. The third-order valence-corrected chi connectivity index (χ3v) is 4.05. The summed E-state index contributed by atoms with van der Waals surface area (Å²) in [6, 6.07) is 5.99. The van der Waals surface area contributed by atoms with Crippen LogP contribution in [0.25, 0.3) is 0 Å². The number of phenols is 1. The zero-order chi connectivity index (χ0) is 14.6. The molecule has 0 saturated carbocycles. The van der Waals surface area contributed by atoms with Crippen molar-refractivity contribution in [2.75, 3.05) is 0 Å². The van der Waals surface area contributed by atoms with Crippen molar-refractivity contribution < 1.29 is 5.11 Å². The maximum absolute atomic E-state index is 9.95. The Morgan fingerprint density at radius 3 is 2.05 bits per heavy atom. The van der Waals surface area contributed by atoms with Gasteiger partial charge in [-0.15, -0.1) is 0 Å². The van der Waals surface area contributed by atoms with Gasteiger partial charge in [0.05, 0.1) is 0 Å². The molecule has 1 nitrogen and oxygen atoms in total. The Balaban J connectivity index is 2.23. The first-order valence-electron chi connectivity index (χ1n) is 8.59. The molecular formula is C19H32O. The van der Waals surface area contributed by atoms with E-state index in [0.29, 0.717) is 5.75 Å². The monoisotopic (exact) mass is 276 g/mol. The molecule has 20 heavy (non-hydrogen) atoms. The van der Waals surface area contributed by atoms with Gasteiger partial charge in [-0.25, -0.2) is 0 Å². The summed E-state index contributed by atoms with van der Waals surface area (Å²) < 4.78 is 0. The van der Waals surface area contributed by atoms with Gasteiger partial charge in [0.25, 0.3) is 0 Å². The second-order valence-corrected chi connectivity index (χ2v) is 5.89. The molecule has 1 heteroatoms. The van der Waals surface area contributed by atoms with Crippen LogP contribution in [0.5, 0.6) is 5.75 Å². The van der Waals surface area contributed by atoms with Crippen LogP contribution in [0.2, 0.25) is 0 Å². The van der Waals surface area contributed by atoms with Crippen LogP contribution in [0.15, 0.2) is 18.2 Å². The van der Waals surface area contributed by atoms with Gasteiger partial charge in [-0.3, -0.25) is 0 Å². The van der Waals surface area contributed by atoms with E-state index in [9.17, 15) is 5.11 Å². The van der Waals surface area contributed by atoms with Crippen LogP contribution in [0.4, 0.5) is 0 Å². The quantitative estimate of drug-likeness (QED) is 0.489. The summed E-state index contributed by atoms with van der Waals surface area (Å²) in [7, 11) is 0. The highest BCUT2D eigenvalue weighted by molar-refractivity contribution is 5.39. The lowest BCUT2D eigenvalue weighted by molar-refractivity contribution is 0.466. The minimum Gasteiger partial charge on any atom is -0.508 e. The fourth-order valence-electron chi connectivity index (χ4n) is 2.84. The molecular weight excluding hydrogens is 244 g/mol. The molecule has 1 aromatic rings. The van der Waals surface area contributed by atoms with E-state index in [1.165, 1.54) is 62.5 Å². The van der Waals surface area contributed by atoms with Gasteiger partial charge < -0.3 is 5.11 Å². The molecule has 0 heterocycles. The van der Waals surface area contributed by atoms with E-state index >= 15 is 0 Å². The largest absolute Gasteiger partial charge is 0.508 e. The molecule has 1 N–H and O–H groups in total. The Bertz CT molecular complexity index is 357. The van der Waals surface area contributed by atoms with Crippen molar-refractivity contribution in [3.05, 3.63) is 29.3 Å². The first-order valence-corrected chi connectivity index (χ1v) is 8.59. The lowest BCUT2D eigenvalue weighted by Gasteiger charge is -2.10. The lowest BCUT2D eigenvalue weighted by Crippen LogP contribution is -1.95. The highest BCUT2D eigenvalue weighted by atomic mass is 16.3. The minimum absolute atomic E-state index is 0.490. The topological polar surface area (TPSA) is 20.2 Å². The van der Waals surface area contributed by atoms with Gasteiger partial charge in [-0.2, -0.15) is 0 Å². The number of aromatic hydroxyl groups is 1. The molecule has 0 atom stereocenters. The minimum atomic E-state index is 0.490. The van der Waals surface area contributed by atoms with E-state index in [4.69, 9.17) is 0 Å². The van der Waals surface area contributed by atoms with Gasteiger partial charge in [0, 0.05) is 0 Å². The molecule has 0 spiro atoms. The summed E-state index contributed by atoms with van der Waals surface area (Å²) in [4.78, 5) is 0. The van der Waals surface area contributed by atoms with Gasteiger partial charge >= 0.3 is 0 Å². The van der Waals surface area contributed by atoms with Gasteiger partial charge in [-0.1, -0.05) is 77.3 Å². The molecule has 0 aliphatic heterocycles. The molecule has 114 valence electrons. The predicted molar refractivity (Wildman–Crippen MR) is 88.4 cm³/mol. The van der Waals surface area contributed by atoms with Crippen LogP contribution in [0.1, 0.15) is 82.8 Å². The predicted octanol–water partition coefficient (Wildman–Crippen LogP) is 6.03. The highest BCUT2D eigenvalue weighted by Gasteiger charge is 2.06. The Morgan fingerprint density at radius 1 is 0.750 bits per heavy atom. The van der Waals surface area contributed by atoms with Crippen LogP contribution in [0.3, 0.4) is 0 Å². The van der Waals surface area contributed by atoms with Gasteiger partial charge in [0.2, 0.25) is 0 Å². The van der Waals surface area contributed by atoms with Crippen molar-refractivity contribution in [2.24, 2.45) is 0 Å². The molecule has 0 aliphatic rings. The first kappa shape index (κ1) is 17.1. The summed E-state index contributed by atoms with van der Waals surface area (Å²) in [6.45, 7) is 4.44. The molecule has 0 radical (unpaired) electrons. The second kappa shape index (κ2) is 10.8. The van der Waals surface area contributed by atoms with Crippen LogP contribution in [-0.4, -0.2) is 5.11 Å². The second-order valence-electron chi connectivity index (χ2n) is 5.89. The van der Waals surface area contributed by atoms with Crippen molar-refractivity contribution >= 4 is 0 Å². The number of phenolic OH excluding ortho intramolecular Hbond substituents is 1. The molecule has 1 aromatic carbocycles. The Hall–Kier alpha value is -0.980. The van der Waals surface area contributed by atoms with Crippen molar-refractivity contribution in [1.82, 2.24) is 0 Å². The molecule has 0 saturated heterocycles. The number of hydrogen-bond donors (Lipinski definition) is 1. The fraction of sp³-hybridized carbons (Fsp3) is 0.684. The smallest absolute Gasteiger partial charge is 0.119 e. The molecule has 0 amide bonds. The first-order chi connectivity index (χ1) is 9.79. The van der Waals surface area contributed by atoms with Crippen LogP contribution < -0.4 is 0 Å². The Morgan fingerprint density at radius 2 is 1.40 bits per heavy atom. The summed E-state index contributed by atoms with van der Waals surface area (Å²) in [5.74, 6) is 0.490. The summed E-state index contributed by atoms with van der Waals surface area (Å²) in [6.07, 6.45) is 14.1. The number of aryl methyl sites for hydroxylation is 1. The van der Waals surface area contributed by atoms with E-state index in [1.54, 1.807) is 0 Å². The van der Waals surface area contributed by atoms with Crippen LogP contribution in [-0.2, 0) is 12.8 Å².